The number of hydrogen-bond acceptors (Lipinski definition) is 2. The van der Waals surface area contributed by atoms with Gasteiger partial charge in [0, 0.05) is 17.1 Å². The highest BCUT2D eigenvalue weighted by atomic mass is 79.9. The number of nitrogens with zero attached hydrogens (tertiary/aromatic N) is 1. The highest BCUT2D eigenvalue weighted by Gasteiger charge is 2.08. The Balaban J connectivity index is 2.04. The van der Waals surface area contributed by atoms with E-state index in [1.54, 1.807) is 6.20 Å². The monoisotopic (exact) mass is 378 g/mol. The minimum Gasteiger partial charge on any atom is -0.383 e. The Morgan fingerprint density at radius 1 is 1.04 bits per heavy atom. The van der Waals surface area contributed by atoms with Crippen LogP contribution in [0.5, 0.6) is 0 Å². The highest BCUT2D eigenvalue weighted by Crippen LogP contribution is 2.22. The molecule has 1 aromatic rings. The fraction of sp³-hybridized carbons (Fsp3) is 0.650. The van der Waals surface area contributed by atoms with E-state index < -0.39 is 0 Å². The molecule has 1 heterocycles. The van der Waals surface area contributed by atoms with Crippen LogP contribution in [0.3, 0.4) is 0 Å². The van der Waals surface area contributed by atoms with E-state index in [1.165, 1.54) is 51.4 Å². The molecular formula is C20H31BrN2. The van der Waals surface area contributed by atoms with E-state index >= 15 is 0 Å². The van der Waals surface area contributed by atoms with E-state index in [0.29, 0.717) is 11.2 Å². The summed E-state index contributed by atoms with van der Waals surface area (Å²) >= 11 is 3.39. The van der Waals surface area contributed by atoms with Crippen molar-refractivity contribution in [1.82, 2.24) is 4.98 Å². The maximum atomic E-state index is 5.80. The lowest BCUT2D eigenvalue weighted by molar-refractivity contribution is 0.356. The Hall–Kier alpha value is -1.01. The van der Waals surface area contributed by atoms with Crippen LogP contribution in [-0.4, -0.2) is 4.98 Å². The largest absolute Gasteiger partial charge is 0.383 e. The third kappa shape index (κ3) is 10.4. The number of aromatic nitrogens is 1. The van der Waals surface area contributed by atoms with Crippen molar-refractivity contribution in [2.24, 2.45) is 5.41 Å². The van der Waals surface area contributed by atoms with E-state index in [9.17, 15) is 0 Å². The predicted molar refractivity (Wildman–Crippen MR) is 104 cm³/mol. The molecule has 0 fully saturated rings. The van der Waals surface area contributed by atoms with Crippen molar-refractivity contribution < 1.29 is 0 Å². The Kier molecular flexibility index (Phi) is 9.33. The molecule has 23 heavy (non-hydrogen) atoms. The van der Waals surface area contributed by atoms with Crippen molar-refractivity contribution in [3.8, 4) is 11.8 Å². The van der Waals surface area contributed by atoms with Crippen molar-refractivity contribution in [3.05, 3.63) is 22.3 Å². The maximum Gasteiger partial charge on any atom is 0.139 e. The van der Waals surface area contributed by atoms with Crippen molar-refractivity contribution in [1.29, 1.82) is 0 Å². The molecule has 0 aliphatic rings. The quantitative estimate of drug-likeness (QED) is 0.423. The minimum atomic E-state index is 0.492. The van der Waals surface area contributed by atoms with Gasteiger partial charge in [-0.3, -0.25) is 0 Å². The standard InChI is InChI=1S/C20H31BrN2/c1-20(2,3)14-12-10-8-6-4-5-7-9-11-13-17-15-18(21)16-23-19(17)22/h15-16H,4-10,12,14H2,1-3H3,(H2,22,23). The zero-order valence-corrected chi connectivity index (χ0v) is 16.5. The van der Waals surface area contributed by atoms with Crippen LogP contribution in [0.15, 0.2) is 16.7 Å². The lowest BCUT2D eigenvalue weighted by Gasteiger charge is -2.17. The van der Waals surface area contributed by atoms with Crippen LogP contribution >= 0.6 is 15.9 Å². The molecule has 128 valence electrons. The smallest absolute Gasteiger partial charge is 0.139 e. The van der Waals surface area contributed by atoms with Gasteiger partial charge in [-0.2, -0.15) is 0 Å². The molecule has 0 radical (unpaired) electrons. The molecule has 0 saturated heterocycles. The van der Waals surface area contributed by atoms with E-state index in [-0.39, 0.29) is 0 Å². The van der Waals surface area contributed by atoms with Gasteiger partial charge in [0.15, 0.2) is 0 Å². The van der Waals surface area contributed by atoms with Gasteiger partial charge in [0.25, 0.3) is 0 Å². The fourth-order valence-electron chi connectivity index (χ4n) is 2.46. The minimum absolute atomic E-state index is 0.492. The Labute approximate surface area is 150 Å². The first kappa shape index (κ1) is 20.0. The Morgan fingerprint density at radius 3 is 2.30 bits per heavy atom. The number of nitrogens with two attached hydrogens (primary N) is 1. The van der Waals surface area contributed by atoms with Gasteiger partial charge in [-0.25, -0.2) is 4.98 Å². The lowest BCUT2D eigenvalue weighted by atomic mass is 9.89. The van der Waals surface area contributed by atoms with Gasteiger partial charge < -0.3 is 5.73 Å². The van der Waals surface area contributed by atoms with Gasteiger partial charge >= 0.3 is 0 Å². The van der Waals surface area contributed by atoms with Crippen LogP contribution in [0.2, 0.25) is 0 Å². The molecule has 0 bridgehead atoms. The summed E-state index contributed by atoms with van der Waals surface area (Å²) in [6, 6.07) is 1.92. The molecule has 0 atom stereocenters. The summed E-state index contributed by atoms with van der Waals surface area (Å²) in [6.45, 7) is 6.98. The van der Waals surface area contributed by atoms with E-state index in [2.05, 4.69) is 53.5 Å². The van der Waals surface area contributed by atoms with Crippen molar-refractivity contribution in [3.63, 3.8) is 0 Å². The first-order valence-electron chi connectivity index (χ1n) is 8.78. The van der Waals surface area contributed by atoms with Gasteiger partial charge in [-0.15, -0.1) is 0 Å². The predicted octanol–water partition coefficient (Wildman–Crippen LogP) is 6.33. The number of nitrogen functional groups attached to an aromatic ring is 1. The molecule has 0 saturated carbocycles. The van der Waals surface area contributed by atoms with Crippen LogP contribution in [-0.2, 0) is 0 Å². The summed E-state index contributed by atoms with van der Waals surface area (Å²) in [5.74, 6) is 6.84. The second-order valence-corrected chi connectivity index (χ2v) is 8.34. The average Bonchev–Trinajstić information content (AvgIpc) is 2.47. The second kappa shape index (κ2) is 10.7. The number of hydrogen-bond donors (Lipinski definition) is 1. The van der Waals surface area contributed by atoms with Gasteiger partial charge in [0.2, 0.25) is 0 Å². The number of unbranched alkanes of at least 4 members (excludes halogenated alkanes) is 7. The summed E-state index contributed by atoms with van der Waals surface area (Å²) in [5.41, 5.74) is 7.11. The zero-order valence-electron chi connectivity index (χ0n) is 14.9. The molecular weight excluding hydrogens is 348 g/mol. The van der Waals surface area contributed by atoms with E-state index in [4.69, 9.17) is 5.73 Å². The molecule has 0 unspecified atom stereocenters. The summed E-state index contributed by atoms with van der Waals surface area (Å²) in [4.78, 5) is 4.09. The molecule has 0 aromatic carbocycles. The van der Waals surface area contributed by atoms with Crippen molar-refractivity contribution >= 4 is 21.7 Å². The fourth-order valence-corrected chi connectivity index (χ4v) is 2.79. The molecule has 0 aliphatic carbocycles. The molecule has 0 aliphatic heterocycles. The summed E-state index contributed by atoms with van der Waals surface area (Å²) < 4.78 is 0.919. The van der Waals surface area contributed by atoms with Gasteiger partial charge in [-0.05, 0) is 40.3 Å². The molecule has 1 aromatic heterocycles. The van der Waals surface area contributed by atoms with Crippen LogP contribution in [0, 0.1) is 17.3 Å². The topological polar surface area (TPSA) is 38.9 Å². The number of rotatable bonds is 8. The molecule has 3 heteroatoms. The number of pyridine rings is 1. The van der Waals surface area contributed by atoms with Gasteiger partial charge in [-0.1, -0.05) is 71.1 Å². The zero-order chi connectivity index (χ0) is 17.1. The third-order valence-electron chi connectivity index (χ3n) is 3.84. The first-order valence-corrected chi connectivity index (χ1v) is 9.58. The molecule has 1 rings (SSSR count). The van der Waals surface area contributed by atoms with Gasteiger partial charge in [0.1, 0.15) is 5.82 Å². The Bertz CT molecular complexity index is 521. The molecule has 2 N–H and O–H groups in total. The van der Waals surface area contributed by atoms with E-state index in [1.807, 2.05) is 6.07 Å². The molecule has 0 amide bonds. The van der Waals surface area contributed by atoms with Crippen LogP contribution in [0.25, 0.3) is 0 Å². The molecule has 2 nitrogen and oxygen atoms in total. The van der Waals surface area contributed by atoms with Crippen molar-refractivity contribution in [2.75, 3.05) is 5.73 Å². The lowest BCUT2D eigenvalue weighted by Crippen LogP contribution is -2.03. The summed E-state index contributed by atoms with van der Waals surface area (Å²) in [7, 11) is 0. The Morgan fingerprint density at radius 2 is 1.65 bits per heavy atom. The highest BCUT2D eigenvalue weighted by molar-refractivity contribution is 9.10. The van der Waals surface area contributed by atoms with Crippen LogP contribution in [0.1, 0.15) is 84.1 Å². The van der Waals surface area contributed by atoms with E-state index in [0.717, 1.165) is 16.5 Å². The second-order valence-electron chi connectivity index (χ2n) is 7.42. The summed E-state index contributed by atoms with van der Waals surface area (Å²) in [6.07, 6.45) is 13.3. The normalized spacial score (nSPS) is 11.1. The van der Waals surface area contributed by atoms with Crippen LogP contribution < -0.4 is 5.73 Å². The summed E-state index contributed by atoms with van der Waals surface area (Å²) in [5, 5.41) is 0. The maximum absolute atomic E-state index is 5.80. The van der Waals surface area contributed by atoms with Crippen molar-refractivity contribution in [2.45, 2.75) is 78.6 Å². The van der Waals surface area contributed by atoms with Gasteiger partial charge in [0.05, 0.1) is 5.56 Å². The third-order valence-corrected chi connectivity index (χ3v) is 4.27. The molecule has 0 spiro atoms. The SMILES string of the molecule is CC(C)(C)CCCCCCCCCC#Cc1cc(Br)cnc1N. The number of anilines is 1. The first-order chi connectivity index (χ1) is 10.9. The average molecular weight is 379 g/mol. The van der Waals surface area contributed by atoms with Crippen LogP contribution in [0.4, 0.5) is 5.82 Å². The number of halogens is 1.